The van der Waals surface area contributed by atoms with E-state index in [-0.39, 0.29) is 17.5 Å². The van der Waals surface area contributed by atoms with Crippen LogP contribution in [0.1, 0.15) is 47.0 Å². The third kappa shape index (κ3) is 2.85. The molecule has 2 amide bonds. The molecule has 1 spiro atoms. The van der Waals surface area contributed by atoms with E-state index in [1.165, 1.54) is 0 Å². The first-order chi connectivity index (χ1) is 8.73. The molecule has 0 atom stereocenters. The monoisotopic (exact) mass is 268 g/mol. The number of rotatable bonds is 0. The average Bonchev–Trinajstić information content (AvgIpc) is 2.23. The lowest BCUT2D eigenvalue weighted by Crippen LogP contribution is -2.67. The van der Waals surface area contributed by atoms with Crippen LogP contribution in [0.5, 0.6) is 0 Å². The number of amides is 2. The molecule has 5 nitrogen and oxygen atoms in total. The van der Waals surface area contributed by atoms with Gasteiger partial charge in [-0.25, -0.2) is 4.79 Å². The topological polar surface area (TPSA) is 49.9 Å². The zero-order valence-corrected chi connectivity index (χ0v) is 12.4. The van der Waals surface area contributed by atoms with Gasteiger partial charge in [-0.2, -0.15) is 0 Å². The van der Waals surface area contributed by atoms with Gasteiger partial charge in [-0.1, -0.05) is 0 Å². The first-order valence-corrected chi connectivity index (χ1v) is 7.00. The van der Waals surface area contributed by atoms with E-state index in [0.29, 0.717) is 19.6 Å². The van der Waals surface area contributed by atoms with Crippen LogP contribution in [-0.4, -0.2) is 52.6 Å². The van der Waals surface area contributed by atoms with E-state index < -0.39 is 5.60 Å². The SMILES string of the molecule is CC(=O)N1CCN(C(=O)OC(C)(C)C)C2(CCC2)C1. The summed E-state index contributed by atoms with van der Waals surface area (Å²) in [5.74, 6) is 0.0927. The summed E-state index contributed by atoms with van der Waals surface area (Å²) in [4.78, 5) is 27.5. The second kappa shape index (κ2) is 4.69. The highest BCUT2D eigenvalue weighted by Gasteiger charge is 2.49. The van der Waals surface area contributed by atoms with E-state index in [0.717, 1.165) is 19.3 Å². The third-order valence-corrected chi connectivity index (χ3v) is 3.99. The predicted octanol–water partition coefficient (Wildman–Crippen LogP) is 2.01. The lowest BCUT2D eigenvalue weighted by atomic mass is 9.74. The molecule has 0 N–H and O–H groups in total. The molecule has 1 heterocycles. The van der Waals surface area contributed by atoms with Gasteiger partial charge >= 0.3 is 6.09 Å². The molecule has 0 aromatic carbocycles. The van der Waals surface area contributed by atoms with E-state index in [2.05, 4.69) is 0 Å². The molecule has 1 aliphatic carbocycles. The Labute approximate surface area is 114 Å². The molecule has 2 fully saturated rings. The summed E-state index contributed by atoms with van der Waals surface area (Å²) in [6.07, 6.45) is 2.81. The van der Waals surface area contributed by atoms with Gasteiger partial charge in [-0.05, 0) is 40.0 Å². The van der Waals surface area contributed by atoms with Crippen molar-refractivity contribution in [1.29, 1.82) is 0 Å². The Morgan fingerprint density at radius 1 is 1.16 bits per heavy atom. The van der Waals surface area contributed by atoms with Crippen LogP contribution < -0.4 is 0 Å². The molecular weight excluding hydrogens is 244 g/mol. The van der Waals surface area contributed by atoms with E-state index in [9.17, 15) is 9.59 Å². The fourth-order valence-electron chi connectivity index (χ4n) is 2.86. The van der Waals surface area contributed by atoms with Gasteiger partial charge in [0.25, 0.3) is 0 Å². The quantitative estimate of drug-likeness (QED) is 0.675. The van der Waals surface area contributed by atoms with Gasteiger partial charge in [0.15, 0.2) is 0 Å². The summed E-state index contributed by atoms with van der Waals surface area (Å²) in [6, 6.07) is 0. The fourth-order valence-corrected chi connectivity index (χ4v) is 2.86. The van der Waals surface area contributed by atoms with Gasteiger partial charge in [0, 0.05) is 26.6 Å². The highest BCUT2D eigenvalue weighted by Crippen LogP contribution is 2.41. The molecular formula is C14H24N2O3. The van der Waals surface area contributed by atoms with Crippen molar-refractivity contribution in [3.8, 4) is 0 Å². The van der Waals surface area contributed by atoms with Crippen molar-refractivity contribution in [2.45, 2.75) is 58.1 Å². The average molecular weight is 268 g/mol. The molecule has 108 valence electrons. The molecule has 5 heteroatoms. The maximum atomic E-state index is 12.3. The van der Waals surface area contributed by atoms with Gasteiger partial charge in [0.2, 0.25) is 5.91 Å². The van der Waals surface area contributed by atoms with Crippen molar-refractivity contribution >= 4 is 12.0 Å². The molecule has 0 bridgehead atoms. The van der Waals surface area contributed by atoms with Crippen LogP contribution in [0, 0.1) is 0 Å². The Morgan fingerprint density at radius 2 is 1.79 bits per heavy atom. The lowest BCUT2D eigenvalue weighted by molar-refractivity contribution is -0.137. The van der Waals surface area contributed by atoms with E-state index >= 15 is 0 Å². The van der Waals surface area contributed by atoms with Crippen molar-refractivity contribution in [3.05, 3.63) is 0 Å². The van der Waals surface area contributed by atoms with Crippen molar-refractivity contribution in [2.24, 2.45) is 0 Å². The maximum absolute atomic E-state index is 12.3. The maximum Gasteiger partial charge on any atom is 0.410 e. The molecule has 0 aromatic rings. The summed E-state index contributed by atoms with van der Waals surface area (Å²) in [5, 5.41) is 0. The van der Waals surface area contributed by atoms with Crippen LogP contribution in [-0.2, 0) is 9.53 Å². The first kappa shape index (κ1) is 14.2. The Kier molecular flexibility index (Phi) is 3.49. The minimum atomic E-state index is -0.472. The van der Waals surface area contributed by atoms with E-state index in [1.807, 2.05) is 30.6 Å². The second-order valence-electron chi connectivity index (χ2n) is 6.65. The Balaban J connectivity index is 2.09. The highest BCUT2D eigenvalue weighted by atomic mass is 16.6. The molecule has 1 aliphatic heterocycles. The van der Waals surface area contributed by atoms with Gasteiger partial charge in [-0.15, -0.1) is 0 Å². The van der Waals surface area contributed by atoms with E-state index in [4.69, 9.17) is 4.74 Å². The van der Waals surface area contributed by atoms with Crippen LogP contribution in [0.25, 0.3) is 0 Å². The van der Waals surface area contributed by atoms with Crippen LogP contribution >= 0.6 is 0 Å². The number of hydrogen-bond acceptors (Lipinski definition) is 3. The molecule has 2 aliphatic rings. The van der Waals surface area contributed by atoms with Crippen LogP contribution in [0.2, 0.25) is 0 Å². The number of hydrogen-bond donors (Lipinski definition) is 0. The minimum absolute atomic E-state index is 0.0927. The standard InChI is InChI=1S/C14H24N2O3/c1-11(17)15-8-9-16(12(18)19-13(2,3)4)14(10-15)6-5-7-14/h5-10H2,1-4H3. The fraction of sp³-hybridized carbons (Fsp3) is 0.857. The van der Waals surface area contributed by atoms with E-state index in [1.54, 1.807) is 6.92 Å². The minimum Gasteiger partial charge on any atom is -0.444 e. The Morgan fingerprint density at radius 3 is 2.21 bits per heavy atom. The number of nitrogens with zero attached hydrogens (tertiary/aromatic N) is 2. The predicted molar refractivity (Wildman–Crippen MR) is 71.8 cm³/mol. The van der Waals surface area contributed by atoms with Crippen molar-refractivity contribution in [1.82, 2.24) is 9.80 Å². The molecule has 0 unspecified atom stereocenters. The van der Waals surface area contributed by atoms with Gasteiger partial charge in [0.05, 0.1) is 5.54 Å². The largest absolute Gasteiger partial charge is 0.444 e. The Bertz CT molecular complexity index is 383. The van der Waals surface area contributed by atoms with Crippen LogP contribution in [0.15, 0.2) is 0 Å². The molecule has 0 radical (unpaired) electrons. The zero-order chi connectivity index (χ0) is 14.3. The number of carbonyl (C=O) groups excluding carboxylic acids is 2. The number of piperazine rings is 1. The number of carbonyl (C=O) groups is 2. The summed E-state index contributed by atoms with van der Waals surface area (Å²) in [6.45, 7) is 9.07. The summed E-state index contributed by atoms with van der Waals surface area (Å²) in [7, 11) is 0. The van der Waals surface area contributed by atoms with Crippen molar-refractivity contribution in [3.63, 3.8) is 0 Å². The second-order valence-corrected chi connectivity index (χ2v) is 6.65. The smallest absolute Gasteiger partial charge is 0.410 e. The van der Waals surface area contributed by atoms with Crippen molar-refractivity contribution < 1.29 is 14.3 Å². The Hall–Kier alpha value is -1.26. The molecule has 0 aromatic heterocycles. The first-order valence-electron chi connectivity index (χ1n) is 7.00. The van der Waals surface area contributed by atoms with Gasteiger partial charge < -0.3 is 9.64 Å². The normalized spacial score (nSPS) is 22.1. The van der Waals surface area contributed by atoms with Crippen LogP contribution in [0.3, 0.4) is 0 Å². The summed E-state index contributed by atoms with van der Waals surface area (Å²) >= 11 is 0. The summed E-state index contributed by atoms with van der Waals surface area (Å²) in [5.41, 5.74) is -0.647. The molecule has 1 saturated heterocycles. The lowest BCUT2D eigenvalue weighted by Gasteiger charge is -2.55. The molecule has 19 heavy (non-hydrogen) atoms. The van der Waals surface area contributed by atoms with Crippen LogP contribution in [0.4, 0.5) is 4.79 Å². The number of ether oxygens (including phenoxy) is 1. The zero-order valence-electron chi connectivity index (χ0n) is 12.4. The van der Waals surface area contributed by atoms with Gasteiger partial charge in [-0.3, -0.25) is 9.69 Å². The summed E-state index contributed by atoms with van der Waals surface area (Å²) < 4.78 is 5.49. The highest BCUT2D eigenvalue weighted by molar-refractivity contribution is 5.75. The third-order valence-electron chi connectivity index (χ3n) is 3.99. The molecule has 2 rings (SSSR count). The van der Waals surface area contributed by atoms with Gasteiger partial charge in [0.1, 0.15) is 5.60 Å². The van der Waals surface area contributed by atoms with Crippen molar-refractivity contribution in [2.75, 3.05) is 19.6 Å². The molecule has 1 saturated carbocycles.